The second-order valence-electron chi connectivity index (χ2n) is 7.57. The third kappa shape index (κ3) is 5.60. The molecule has 0 spiro atoms. The van der Waals surface area contributed by atoms with Crippen molar-refractivity contribution in [3.63, 3.8) is 0 Å². The quantitative estimate of drug-likeness (QED) is 0.506. The van der Waals surface area contributed by atoms with E-state index in [1.165, 1.54) is 18.2 Å². The number of benzene rings is 2. The molecule has 0 saturated heterocycles. The van der Waals surface area contributed by atoms with E-state index in [0.29, 0.717) is 10.2 Å². The van der Waals surface area contributed by atoms with Gasteiger partial charge in [-0.05, 0) is 50.1 Å². The Morgan fingerprint density at radius 2 is 1.64 bits per heavy atom. The lowest BCUT2D eigenvalue weighted by Gasteiger charge is -2.13. The SMILES string of the molecule is Cc1ccc(-n2ncc(C(=O)NCCNS(=O)(=O)c3cc(C)ccc3C)c2C(F)(F)F)cc1. The third-order valence-corrected chi connectivity index (χ3v) is 6.50. The van der Waals surface area contributed by atoms with Gasteiger partial charge in [-0.3, -0.25) is 4.79 Å². The molecular weight excluding hydrogens is 457 g/mol. The van der Waals surface area contributed by atoms with Crippen LogP contribution in [0.4, 0.5) is 13.2 Å². The Hall–Kier alpha value is -3.18. The van der Waals surface area contributed by atoms with E-state index >= 15 is 0 Å². The summed E-state index contributed by atoms with van der Waals surface area (Å²) in [5.74, 6) is -1.01. The average molecular weight is 481 g/mol. The van der Waals surface area contributed by atoms with Crippen LogP contribution in [0.1, 0.15) is 32.7 Å². The number of aromatic nitrogens is 2. The van der Waals surface area contributed by atoms with E-state index in [2.05, 4.69) is 15.1 Å². The van der Waals surface area contributed by atoms with Crippen molar-refractivity contribution in [3.8, 4) is 5.69 Å². The Labute approximate surface area is 189 Å². The molecule has 0 bridgehead atoms. The van der Waals surface area contributed by atoms with Crippen molar-refractivity contribution >= 4 is 15.9 Å². The molecule has 33 heavy (non-hydrogen) atoms. The Balaban J connectivity index is 1.72. The summed E-state index contributed by atoms with van der Waals surface area (Å²) in [6, 6.07) is 11.2. The first-order valence-electron chi connectivity index (χ1n) is 9.97. The van der Waals surface area contributed by atoms with Crippen LogP contribution in [0.3, 0.4) is 0 Å². The lowest BCUT2D eigenvalue weighted by Crippen LogP contribution is -2.35. The summed E-state index contributed by atoms with van der Waals surface area (Å²) in [4.78, 5) is 12.6. The van der Waals surface area contributed by atoms with Gasteiger partial charge in [-0.2, -0.15) is 18.3 Å². The lowest BCUT2D eigenvalue weighted by atomic mass is 10.2. The largest absolute Gasteiger partial charge is 0.434 e. The summed E-state index contributed by atoms with van der Waals surface area (Å²) in [5, 5.41) is 6.07. The minimum Gasteiger partial charge on any atom is -0.351 e. The van der Waals surface area contributed by atoms with E-state index < -0.39 is 33.4 Å². The normalized spacial score (nSPS) is 12.1. The molecule has 0 atom stereocenters. The van der Waals surface area contributed by atoms with Gasteiger partial charge >= 0.3 is 6.18 Å². The van der Waals surface area contributed by atoms with Gasteiger partial charge in [-0.1, -0.05) is 29.8 Å². The van der Waals surface area contributed by atoms with Crippen LogP contribution in [0.15, 0.2) is 53.6 Å². The topological polar surface area (TPSA) is 93.1 Å². The van der Waals surface area contributed by atoms with Crippen molar-refractivity contribution in [3.05, 3.63) is 76.6 Å². The summed E-state index contributed by atoms with van der Waals surface area (Å²) in [6.45, 7) is 4.80. The molecular formula is C22H23F3N4O3S. The number of halogens is 3. The van der Waals surface area contributed by atoms with Crippen LogP contribution in [0.2, 0.25) is 0 Å². The van der Waals surface area contributed by atoms with Crippen LogP contribution < -0.4 is 10.0 Å². The van der Waals surface area contributed by atoms with Gasteiger partial charge in [0.15, 0.2) is 5.69 Å². The van der Waals surface area contributed by atoms with E-state index in [1.807, 2.05) is 0 Å². The van der Waals surface area contributed by atoms with Crippen molar-refractivity contribution < 1.29 is 26.4 Å². The highest BCUT2D eigenvalue weighted by Gasteiger charge is 2.40. The summed E-state index contributed by atoms with van der Waals surface area (Å²) in [6.07, 6.45) is -3.99. The molecule has 176 valence electrons. The van der Waals surface area contributed by atoms with Gasteiger partial charge in [0.05, 0.1) is 22.3 Å². The van der Waals surface area contributed by atoms with Crippen molar-refractivity contribution in [2.45, 2.75) is 31.8 Å². The summed E-state index contributed by atoms with van der Waals surface area (Å²) in [7, 11) is -3.84. The van der Waals surface area contributed by atoms with Crippen molar-refractivity contribution in [2.75, 3.05) is 13.1 Å². The van der Waals surface area contributed by atoms with Gasteiger partial charge in [-0.15, -0.1) is 0 Å². The predicted octanol–water partition coefficient (Wildman–Crippen LogP) is 3.52. The van der Waals surface area contributed by atoms with Crippen molar-refractivity contribution in [1.82, 2.24) is 19.8 Å². The molecule has 1 aromatic heterocycles. The molecule has 3 aromatic rings. The highest BCUT2D eigenvalue weighted by Crippen LogP contribution is 2.33. The van der Waals surface area contributed by atoms with Gasteiger partial charge in [0.2, 0.25) is 10.0 Å². The number of aryl methyl sites for hydroxylation is 3. The maximum atomic E-state index is 13.7. The first-order valence-corrected chi connectivity index (χ1v) is 11.5. The molecule has 7 nitrogen and oxygen atoms in total. The van der Waals surface area contributed by atoms with Gasteiger partial charge in [0.1, 0.15) is 0 Å². The molecule has 1 heterocycles. The molecule has 11 heteroatoms. The molecule has 0 aliphatic heterocycles. The molecule has 0 aliphatic carbocycles. The van der Waals surface area contributed by atoms with E-state index in [4.69, 9.17) is 0 Å². The second-order valence-corrected chi connectivity index (χ2v) is 9.31. The second kappa shape index (κ2) is 9.36. The first kappa shape index (κ1) is 24.5. The smallest absolute Gasteiger partial charge is 0.351 e. The molecule has 0 saturated carbocycles. The summed E-state index contributed by atoms with van der Waals surface area (Å²) in [5.41, 5.74) is 0.476. The number of carbonyl (C=O) groups excluding carboxylic acids is 1. The van der Waals surface area contributed by atoms with Crippen LogP contribution in [0.25, 0.3) is 5.69 Å². The minimum absolute atomic E-state index is 0.104. The molecule has 0 unspecified atom stereocenters. The zero-order chi connectivity index (χ0) is 24.4. The average Bonchev–Trinajstić information content (AvgIpc) is 3.19. The predicted molar refractivity (Wildman–Crippen MR) is 117 cm³/mol. The Morgan fingerprint density at radius 3 is 2.27 bits per heavy atom. The molecule has 1 amide bonds. The maximum absolute atomic E-state index is 13.7. The third-order valence-electron chi connectivity index (χ3n) is 4.90. The zero-order valence-electron chi connectivity index (χ0n) is 18.2. The van der Waals surface area contributed by atoms with Gasteiger partial charge in [0, 0.05) is 13.1 Å². The Bertz CT molecular complexity index is 1270. The lowest BCUT2D eigenvalue weighted by molar-refractivity contribution is -0.143. The Kier molecular flexibility index (Phi) is 6.94. The highest BCUT2D eigenvalue weighted by molar-refractivity contribution is 7.89. The molecule has 3 rings (SSSR count). The number of sulfonamides is 1. The fourth-order valence-corrected chi connectivity index (χ4v) is 4.56. The molecule has 2 N–H and O–H groups in total. The van der Waals surface area contributed by atoms with Crippen LogP contribution >= 0.6 is 0 Å². The van der Waals surface area contributed by atoms with E-state index in [0.717, 1.165) is 17.3 Å². The fourth-order valence-electron chi connectivity index (χ4n) is 3.20. The number of hydrogen-bond acceptors (Lipinski definition) is 4. The number of rotatable bonds is 7. The van der Waals surface area contributed by atoms with Gasteiger partial charge in [-0.25, -0.2) is 17.8 Å². The fraction of sp³-hybridized carbons (Fsp3) is 0.273. The van der Waals surface area contributed by atoms with Gasteiger partial charge < -0.3 is 5.32 Å². The summed E-state index contributed by atoms with van der Waals surface area (Å²) < 4.78 is 69.2. The first-order chi connectivity index (χ1) is 15.4. The number of nitrogens with zero attached hydrogens (tertiary/aromatic N) is 2. The minimum atomic E-state index is -4.83. The van der Waals surface area contributed by atoms with Crippen LogP contribution in [-0.2, 0) is 16.2 Å². The number of amides is 1. The number of carbonyl (C=O) groups is 1. The number of hydrogen-bond donors (Lipinski definition) is 2. The molecule has 2 aromatic carbocycles. The Morgan fingerprint density at radius 1 is 1.00 bits per heavy atom. The van der Waals surface area contributed by atoms with E-state index in [1.54, 1.807) is 45.0 Å². The molecule has 0 aliphatic rings. The van der Waals surface area contributed by atoms with Crippen LogP contribution in [0, 0.1) is 20.8 Å². The van der Waals surface area contributed by atoms with Crippen LogP contribution in [0.5, 0.6) is 0 Å². The van der Waals surface area contributed by atoms with Gasteiger partial charge in [0.25, 0.3) is 5.91 Å². The standard InChI is InChI=1S/C22H23F3N4O3S/c1-14-5-8-17(9-6-14)29-20(22(23,24)25)18(13-27-29)21(30)26-10-11-28-33(31,32)19-12-15(2)4-7-16(19)3/h4-9,12-13,28H,10-11H2,1-3H3,(H,26,30). The highest BCUT2D eigenvalue weighted by atomic mass is 32.2. The number of nitrogens with one attached hydrogen (secondary N) is 2. The maximum Gasteiger partial charge on any atom is 0.434 e. The molecule has 0 radical (unpaired) electrons. The van der Waals surface area contributed by atoms with Crippen molar-refractivity contribution in [2.24, 2.45) is 0 Å². The number of alkyl halides is 3. The molecule has 0 fully saturated rings. The van der Waals surface area contributed by atoms with Crippen molar-refractivity contribution in [1.29, 1.82) is 0 Å². The zero-order valence-corrected chi connectivity index (χ0v) is 19.0. The summed E-state index contributed by atoms with van der Waals surface area (Å²) >= 11 is 0. The van der Waals surface area contributed by atoms with E-state index in [-0.39, 0.29) is 23.7 Å². The van der Waals surface area contributed by atoms with Crippen LogP contribution in [-0.4, -0.2) is 37.2 Å². The monoisotopic (exact) mass is 480 g/mol. The van der Waals surface area contributed by atoms with E-state index in [9.17, 15) is 26.4 Å².